The van der Waals surface area contributed by atoms with Gasteiger partial charge in [0.15, 0.2) is 0 Å². The molecule has 0 spiro atoms. The number of rotatable bonds is 1. The van der Waals surface area contributed by atoms with E-state index in [0.717, 1.165) is 5.19 Å². The SMILES string of the molecule is C[Si]1(C)O[Si](C)(C)O[Si](C)(c2ccccc2)O[Si](C)(C)O1. The topological polar surface area (TPSA) is 36.9 Å². The molecule has 1 aliphatic rings. The average Bonchev–Trinajstić information content (AvgIpc) is 2.23. The second-order valence-electron chi connectivity index (χ2n) is 6.92. The first-order valence-electron chi connectivity index (χ1n) is 7.29. The zero-order valence-corrected chi connectivity index (χ0v) is 18.0. The van der Waals surface area contributed by atoms with Crippen molar-refractivity contribution in [1.82, 2.24) is 0 Å². The number of hydrogen-bond acceptors (Lipinski definition) is 4. The molecule has 8 heteroatoms. The number of hydrogen-bond donors (Lipinski definition) is 0. The molecule has 0 saturated carbocycles. The summed E-state index contributed by atoms with van der Waals surface area (Å²) in [5.41, 5.74) is 0. The minimum absolute atomic E-state index is 1.14. The molecule has 2 rings (SSSR count). The predicted octanol–water partition coefficient (Wildman–Crippen LogP) is 3.15. The molecule has 0 aliphatic carbocycles. The maximum absolute atomic E-state index is 6.55. The van der Waals surface area contributed by atoms with E-state index in [1.807, 2.05) is 18.2 Å². The van der Waals surface area contributed by atoms with Crippen molar-refractivity contribution in [2.45, 2.75) is 45.8 Å². The maximum atomic E-state index is 6.55. The van der Waals surface area contributed by atoms with E-state index in [0.29, 0.717) is 0 Å². The van der Waals surface area contributed by atoms with E-state index in [-0.39, 0.29) is 0 Å². The highest BCUT2D eigenvalue weighted by Crippen LogP contribution is 2.30. The molecule has 0 atom stereocenters. The van der Waals surface area contributed by atoms with Crippen LogP contribution in [0.15, 0.2) is 30.3 Å². The molecular weight excluding hydrogens is 332 g/mol. The van der Waals surface area contributed by atoms with Crippen molar-refractivity contribution in [2.24, 2.45) is 0 Å². The first-order valence-corrected chi connectivity index (χ1v) is 18.1. The van der Waals surface area contributed by atoms with Gasteiger partial charge in [0.1, 0.15) is 0 Å². The van der Waals surface area contributed by atoms with Gasteiger partial charge in [-0.05, 0) is 51.0 Å². The quantitative estimate of drug-likeness (QED) is 0.723. The van der Waals surface area contributed by atoms with Gasteiger partial charge in [0.2, 0.25) is 0 Å². The molecule has 0 N–H and O–H groups in total. The van der Waals surface area contributed by atoms with E-state index < -0.39 is 34.2 Å². The molecular formula is C13H26O4Si4. The van der Waals surface area contributed by atoms with Crippen LogP contribution in [-0.4, -0.2) is 34.2 Å². The van der Waals surface area contributed by atoms with Gasteiger partial charge in [0.05, 0.1) is 0 Å². The Bertz CT molecular complexity index is 482. The lowest BCUT2D eigenvalue weighted by atomic mass is 10.4. The van der Waals surface area contributed by atoms with Gasteiger partial charge in [-0.3, -0.25) is 0 Å². The van der Waals surface area contributed by atoms with Gasteiger partial charge in [-0.2, -0.15) is 0 Å². The molecule has 118 valence electrons. The lowest BCUT2D eigenvalue weighted by Crippen LogP contribution is -2.68. The average molecular weight is 359 g/mol. The molecule has 0 radical (unpaired) electrons. The molecule has 1 saturated heterocycles. The molecule has 1 aromatic rings. The molecule has 4 nitrogen and oxygen atoms in total. The summed E-state index contributed by atoms with van der Waals surface area (Å²) in [6.07, 6.45) is 0. The summed E-state index contributed by atoms with van der Waals surface area (Å²) in [6.45, 7) is 14.6. The Morgan fingerprint density at radius 1 is 0.571 bits per heavy atom. The summed E-state index contributed by atoms with van der Waals surface area (Å²) in [6, 6.07) is 10.3. The monoisotopic (exact) mass is 358 g/mol. The smallest absolute Gasteiger partial charge is 0.351 e. The van der Waals surface area contributed by atoms with Gasteiger partial charge in [-0.1, -0.05) is 30.3 Å². The van der Waals surface area contributed by atoms with Crippen molar-refractivity contribution in [3.63, 3.8) is 0 Å². The van der Waals surface area contributed by atoms with Crippen LogP contribution < -0.4 is 5.19 Å². The highest BCUT2D eigenvalue weighted by Gasteiger charge is 2.53. The largest absolute Gasteiger partial charge is 0.416 e. The van der Waals surface area contributed by atoms with E-state index in [4.69, 9.17) is 16.5 Å². The highest BCUT2D eigenvalue weighted by molar-refractivity contribution is 6.97. The zero-order chi connectivity index (χ0) is 15.9. The Balaban J connectivity index is 2.42. The number of benzene rings is 1. The van der Waals surface area contributed by atoms with E-state index in [2.05, 4.69) is 58.0 Å². The van der Waals surface area contributed by atoms with Crippen molar-refractivity contribution < 1.29 is 16.5 Å². The zero-order valence-electron chi connectivity index (χ0n) is 14.0. The summed E-state index contributed by atoms with van der Waals surface area (Å²) in [5.74, 6) is 0. The van der Waals surface area contributed by atoms with Crippen LogP contribution in [0.1, 0.15) is 0 Å². The predicted molar refractivity (Wildman–Crippen MR) is 94.5 cm³/mol. The van der Waals surface area contributed by atoms with Crippen LogP contribution in [0.25, 0.3) is 0 Å². The van der Waals surface area contributed by atoms with Crippen molar-refractivity contribution >= 4 is 39.4 Å². The summed E-state index contributed by atoms with van der Waals surface area (Å²) in [5, 5.41) is 1.14. The van der Waals surface area contributed by atoms with Crippen LogP contribution in [0.4, 0.5) is 0 Å². The van der Waals surface area contributed by atoms with Crippen LogP contribution in [-0.2, 0) is 16.5 Å². The summed E-state index contributed by atoms with van der Waals surface area (Å²) >= 11 is 0. The Morgan fingerprint density at radius 3 is 1.38 bits per heavy atom. The van der Waals surface area contributed by atoms with E-state index in [9.17, 15) is 0 Å². The van der Waals surface area contributed by atoms with Gasteiger partial charge in [-0.15, -0.1) is 0 Å². The molecule has 21 heavy (non-hydrogen) atoms. The van der Waals surface area contributed by atoms with Crippen molar-refractivity contribution in [3.05, 3.63) is 30.3 Å². The molecule has 0 bridgehead atoms. The first kappa shape index (κ1) is 17.3. The fraction of sp³-hybridized carbons (Fsp3) is 0.538. The van der Waals surface area contributed by atoms with Crippen molar-refractivity contribution in [3.8, 4) is 0 Å². The lowest BCUT2D eigenvalue weighted by molar-refractivity contribution is 0.242. The normalized spacial score (nSPS) is 26.6. The molecule has 0 amide bonds. The highest BCUT2D eigenvalue weighted by atomic mass is 28.5. The third-order valence-corrected chi connectivity index (χ3v) is 19.5. The Morgan fingerprint density at radius 2 is 0.952 bits per heavy atom. The standard InChI is InChI=1S/C13H26O4Si4/c1-18(2)14-19(3,4)16-21(7,17-20(5,6)15-18)13-11-9-8-10-12-13/h8-12H,1-7H3. The van der Waals surface area contributed by atoms with Gasteiger partial charge in [-0.25, -0.2) is 0 Å². The Hall–Kier alpha value is -0.0725. The minimum Gasteiger partial charge on any atom is -0.416 e. The third kappa shape index (κ3) is 4.45. The van der Waals surface area contributed by atoms with Gasteiger partial charge < -0.3 is 16.5 Å². The van der Waals surface area contributed by atoms with Crippen molar-refractivity contribution in [1.29, 1.82) is 0 Å². The molecule has 0 unspecified atom stereocenters. The summed E-state index contributed by atoms with van der Waals surface area (Å²) in [4.78, 5) is 0. The summed E-state index contributed by atoms with van der Waals surface area (Å²) in [7, 11) is -9.33. The van der Waals surface area contributed by atoms with E-state index >= 15 is 0 Å². The molecule has 1 aliphatic heterocycles. The molecule has 0 aromatic heterocycles. The molecule has 1 heterocycles. The third-order valence-electron chi connectivity index (χ3n) is 3.16. The first-order chi connectivity index (χ1) is 9.43. The lowest BCUT2D eigenvalue weighted by Gasteiger charge is -2.47. The van der Waals surface area contributed by atoms with Gasteiger partial charge in [0, 0.05) is 0 Å². The van der Waals surface area contributed by atoms with Gasteiger partial charge >= 0.3 is 34.2 Å². The van der Waals surface area contributed by atoms with Crippen LogP contribution in [0.5, 0.6) is 0 Å². The summed E-state index contributed by atoms with van der Waals surface area (Å²) < 4.78 is 25.8. The fourth-order valence-corrected chi connectivity index (χ4v) is 23.9. The minimum atomic E-state index is -2.53. The van der Waals surface area contributed by atoms with Crippen molar-refractivity contribution in [2.75, 3.05) is 0 Å². The van der Waals surface area contributed by atoms with E-state index in [1.165, 1.54) is 0 Å². The second-order valence-corrected chi connectivity index (χ2v) is 21.1. The van der Waals surface area contributed by atoms with Crippen LogP contribution in [0, 0.1) is 0 Å². The van der Waals surface area contributed by atoms with E-state index in [1.54, 1.807) is 0 Å². The van der Waals surface area contributed by atoms with Crippen LogP contribution in [0.3, 0.4) is 0 Å². The van der Waals surface area contributed by atoms with Crippen LogP contribution >= 0.6 is 0 Å². The van der Waals surface area contributed by atoms with Crippen LogP contribution in [0.2, 0.25) is 45.8 Å². The maximum Gasteiger partial charge on any atom is 0.351 e. The Labute approximate surface area is 132 Å². The molecule has 1 fully saturated rings. The second kappa shape index (κ2) is 5.53. The van der Waals surface area contributed by atoms with Gasteiger partial charge in [0.25, 0.3) is 0 Å². The molecule has 1 aromatic carbocycles. The Kier molecular flexibility index (Phi) is 4.55. The fourth-order valence-electron chi connectivity index (χ4n) is 3.06.